The van der Waals surface area contributed by atoms with E-state index in [1.54, 1.807) is 0 Å². The first-order valence-electron chi connectivity index (χ1n) is 5.99. The van der Waals surface area contributed by atoms with Crippen molar-refractivity contribution in [2.24, 2.45) is 5.92 Å². The normalized spacial score (nSPS) is 15.9. The van der Waals surface area contributed by atoms with E-state index in [2.05, 4.69) is 26.0 Å². The fourth-order valence-corrected chi connectivity index (χ4v) is 2.04. The number of aryl methyl sites for hydroxylation is 1. The highest BCUT2D eigenvalue weighted by molar-refractivity contribution is 5.42. The highest BCUT2D eigenvalue weighted by atomic mass is 16.3. The molecule has 1 fully saturated rings. The molecule has 0 aliphatic heterocycles. The quantitative estimate of drug-likeness (QED) is 0.789. The Balaban J connectivity index is 2.11. The van der Waals surface area contributed by atoms with Crippen LogP contribution < -0.4 is 0 Å². The smallest absolute Gasteiger partial charge is 0.122 e. The lowest BCUT2D eigenvalue weighted by molar-refractivity contribution is 0.456. The first kappa shape index (κ1) is 10.5. The molecule has 1 aromatic rings. The molecule has 0 aromatic heterocycles. The molecule has 1 aromatic carbocycles. The highest BCUT2D eigenvalue weighted by Crippen LogP contribution is 2.36. The van der Waals surface area contributed by atoms with Crippen molar-refractivity contribution in [1.29, 1.82) is 0 Å². The summed E-state index contributed by atoms with van der Waals surface area (Å²) >= 11 is 0. The molecule has 0 spiro atoms. The van der Waals surface area contributed by atoms with Crippen LogP contribution in [0.3, 0.4) is 0 Å². The monoisotopic (exact) mass is 204 g/mol. The van der Waals surface area contributed by atoms with Gasteiger partial charge in [0.2, 0.25) is 0 Å². The number of aromatic hydroxyl groups is 1. The molecular formula is C14H20O. The van der Waals surface area contributed by atoms with Gasteiger partial charge in [-0.05, 0) is 35.8 Å². The molecule has 1 aliphatic rings. The summed E-state index contributed by atoms with van der Waals surface area (Å²) in [6.45, 7) is 4.25. The van der Waals surface area contributed by atoms with E-state index in [1.807, 2.05) is 6.07 Å². The summed E-state index contributed by atoms with van der Waals surface area (Å²) in [6, 6.07) is 6.15. The lowest BCUT2D eigenvalue weighted by atomic mass is 9.97. The predicted molar refractivity (Wildman–Crippen MR) is 63.2 cm³/mol. The summed E-state index contributed by atoms with van der Waals surface area (Å²) in [6.07, 6.45) is 5.07. The van der Waals surface area contributed by atoms with E-state index in [-0.39, 0.29) is 0 Å². The van der Waals surface area contributed by atoms with Gasteiger partial charge in [-0.3, -0.25) is 0 Å². The molecule has 0 radical (unpaired) electrons. The average Bonchev–Trinajstić information content (AvgIpc) is 2.99. The Kier molecular flexibility index (Phi) is 2.99. The highest BCUT2D eigenvalue weighted by Gasteiger charge is 2.21. The minimum atomic E-state index is 0.408. The molecule has 0 saturated heterocycles. The summed E-state index contributed by atoms with van der Waals surface area (Å²) in [5.41, 5.74) is 2.22. The SMILES string of the molecule is CC(C)c1cccc(CCC2CC2)c1O. The van der Waals surface area contributed by atoms with Crippen molar-refractivity contribution in [3.8, 4) is 5.75 Å². The second kappa shape index (κ2) is 4.26. The standard InChI is InChI=1S/C14H20O/c1-10(2)13-5-3-4-12(14(13)15)9-8-11-6-7-11/h3-5,10-11,15H,6-9H2,1-2H3. The zero-order valence-electron chi connectivity index (χ0n) is 9.66. The molecule has 0 atom stereocenters. The molecule has 1 aliphatic carbocycles. The Morgan fingerprint density at radius 3 is 2.67 bits per heavy atom. The van der Waals surface area contributed by atoms with E-state index in [4.69, 9.17) is 0 Å². The minimum Gasteiger partial charge on any atom is -0.507 e. The third-order valence-corrected chi connectivity index (χ3v) is 3.29. The maximum Gasteiger partial charge on any atom is 0.122 e. The minimum absolute atomic E-state index is 0.408. The molecule has 15 heavy (non-hydrogen) atoms. The van der Waals surface area contributed by atoms with Crippen LogP contribution in [-0.2, 0) is 6.42 Å². The van der Waals surface area contributed by atoms with Crippen LogP contribution in [0.15, 0.2) is 18.2 Å². The van der Waals surface area contributed by atoms with Crippen LogP contribution in [0, 0.1) is 5.92 Å². The van der Waals surface area contributed by atoms with Gasteiger partial charge in [0.25, 0.3) is 0 Å². The molecule has 1 saturated carbocycles. The molecular weight excluding hydrogens is 184 g/mol. The molecule has 82 valence electrons. The Morgan fingerprint density at radius 2 is 2.07 bits per heavy atom. The number of phenolic OH excluding ortho intramolecular Hbond substituents is 1. The Morgan fingerprint density at radius 1 is 1.33 bits per heavy atom. The van der Waals surface area contributed by atoms with Gasteiger partial charge in [0, 0.05) is 0 Å². The van der Waals surface area contributed by atoms with Crippen molar-refractivity contribution in [3.63, 3.8) is 0 Å². The van der Waals surface area contributed by atoms with Gasteiger partial charge in [-0.2, -0.15) is 0 Å². The third-order valence-electron chi connectivity index (χ3n) is 3.29. The largest absolute Gasteiger partial charge is 0.507 e. The van der Waals surface area contributed by atoms with Gasteiger partial charge >= 0.3 is 0 Å². The average molecular weight is 204 g/mol. The van der Waals surface area contributed by atoms with Crippen molar-refractivity contribution < 1.29 is 5.11 Å². The van der Waals surface area contributed by atoms with Crippen molar-refractivity contribution in [1.82, 2.24) is 0 Å². The number of para-hydroxylation sites is 1. The molecule has 0 heterocycles. The molecule has 1 N–H and O–H groups in total. The Bertz CT molecular complexity index is 337. The predicted octanol–water partition coefficient (Wildman–Crippen LogP) is 3.86. The first-order valence-corrected chi connectivity index (χ1v) is 5.99. The number of rotatable bonds is 4. The molecule has 2 rings (SSSR count). The third kappa shape index (κ3) is 2.53. The fourth-order valence-electron chi connectivity index (χ4n) is 2.04. The van der Waals surface area contributed by atoms with Crippen LogP contribution in [-0.4, -0.2) is 5.11 Å². The Hall–Kier alpha value is -0.980. The van der Waals surface area contributed by atoms with Crippen LogP contribution >= 0.6 is 0 Å². The van der Waals surface area contributed by atoms with Crippen molar-refractivity contribution in [2.75, 3.05) is 0 Å². The number of hydrogen-bond donors (Lipinski definition) is 1. The summed E-state index contributed by atoms with van der Waals surface area (Å²) in [5, 5.41) is 10.1. The summed E-state index contributed by atoms with van der Waals surface area (Å²) in [4.78, 5) is 0. The van der Waals surface area contributed by atoms with Crippen molar-refractivity contribution in [2.45, 2.75) is 45.4 Å². The fraction of sp³-hybridized carbons (Fsp3) is 0.571. The second-order valence-corrected chi connectivity index (χ2v) is 4.99. The van der Waals surface area contributed by atoms with Gasteiger partial charge in [-0.15, -0.1) is 0 Å². The van der Waals surface area contributed by atoms with Crippen LogP contribution in [0.4, 0.5) is 0 Å². The van der Waals surface area contributed by atoms with Crippen LogP contribution in [0.1, 0.15) is 50.2 Å². The number of benzene rings is 1. The zero-order valence-corrected chi connectivity index (χ0v) is 9.66. The lowest BCUT2D eigenvalue weighted by Crippen LogP contribution is -1.94. The van der Waals surface area contributed by atoms with Gasteiger partial charge in [0.05, 0.1) is 0 Å². The Labute approximate surface area is 92.1 Å². The summed E-state index contributed by atoms with van der Waals surface area (Å²) in [7, 11) is 0. The zero-order chi connectivity index (χ0) is 10.8. The van der Waals surface area contributed by atoms with E-state index < -0.39 is 0 Å². The van der Waals surface area contributed by atoms with E-state index >= 15 is 0 Å². The van der Waals surface area contributed by atoms with E-state index in [0.717, 1.165) is 23.5 Å². The molecule has 1 heteroatoms. The van der Waals surface area contributed by atoms with Gasteiger partial charge in [-0.1, -0.05) is 44.9 Å². The van der Waals surface area contributed by atoms with Crippen molar-refractivity contribution in [3.05, 3.63) is 29.3 Å². The number of phenols is 1. The van der Waals surface area contributed by atoms with Gasteiger partial charge in [0.15, 0.2) is 0 Å². The molecule has 1 nitrogen and oxygen atoms in total. The molecule has 0 amide bonds. The van der Waals surface area contributed by atoms with Gasteiger partial charge < -0.3 is 5.11 Å². The van der Waals surface area contributed by atoms with Crippen LogP contribution in [0.2, 0.25) is 0 Å². The maximum atomic E-state index is 10.1. The number of hydrogen-bond acceptors (Lipinski definition) is 1. The summed E-state index contributed by atoms with van der Waals surface area (Å²) < 4.78 is 0. The van der Waals surface area contributed by atoms with Crippen LogP contribution in [0.25, 0.3) is 0 Å². The lowest BCUT2D eigenvalue weighted by Gasteiger charge is -2.12. The van der Waals surface area contributed by atoms with E-state index in [9.17, 15) is 5.11 Å². The first-order chi connectivity index (χ1) is 7.18. The maximum absolute atomic E-state index is 10.1. The second-order valence-electron chi connectivity index (χ2n) is 4.99. The van der Waals surface area contributed by atoms with Crippen molar-refractivity contribution >= 4 is 0 Å². The molecule has 0 unspecified atom stereocenters. The van der Waals surface area contributed by atoms with Gasteiger partial charge in [-0.25, -0.2) is 0 Å². The molecule has 0 bridgehead atoms. The van der Waals surface area contributed by atoms with Gasteiger partial charge in [0.1, 0.15) is 5.75 Å². The topological polar surface area (TPSA) is 20.2 Å². The van der Waals surface area contributed by atoms with E-state index in [0.29, 0.717) is 11.7 Å². The summed E-state index contributed by atoms with van der Waals surface area (Å²) in [5.74, 6) is 1.88. The van der Waals surface area contributed by atoms with E-state index in [1.165, 1.54) is 19.3 Å². The van der Waals surface area contributed by atoms with Crippen LogP contribution in [0.5, 0.6) is 5.75 Å².